The van der Waals surface area contributed by atoms with Crippen molar-refractivity contribution in [2.24, 2.45) is 0 Å². The Balaban J connectivity index is 2.73. The molecule has 0 spiro atoms. The van der Waals surface area contributed by atoms with E-state index in [4.69, 9.17) is 0 Å². The number of carbonyl (C=O) groups excluding carboxylic acids is 2. The lowest BCUT2D eigenvalue weighted by Gasteiger charge is -2.19. The highest BCUT2D eigenvalue weighted by atomic mass is 16.2. The van der Waals surface area contributed by atoms with E-state index in [2.05, 4.69) is 13.8 Å². The van der Waals surface area contributed by atoms with Crippen LogP contribution in [0.4, 0.5) is 0 Å². The van der Waals surface area contributed by atoms with Crippen LogP contribution in [0.1, 0.15) is 42.6 Å². The molecule has 22 heavy (non-hydrogen) atoms. The Morgan fingerprint density at radius 1 is 1.00 bits per heavy atom. The molecule has 1 aromatic carbocycles. The fraction of sp³-hybridized carbons (Fsp3) is 0.444. The van der Waals surface area contributed by atoms with Gasteiger partial charge in [-0.15, -0.1) is 0 Å². The SMILES string of the molecule is CCCN(CCC)C(=O)/C=C/c1ccc(C(=O)N(C)C)cc1. The molecule has 0 heterocycles. The fourth-order valence-corrected chi connectivity index (χ4v) is 2.14. The molecule has 1 aromatic rings. The highest BCUT2D eigenvalue weighted by molar-refractivity contribution is 5.94. The van der Waals surface area contributed by atoms with Crippen molar-refractivity contribution in [1.82, 2.24) is 9.80 Å². The summed E-state index contributed by atoms with van der Waals surface area (Å²) in [6.45, 7) is 5.71. The molecule has 120 valence electrons. The van der Waals surface area contributed by atoms with E-state index in [0.29, 0.717) is 5.56 Å². The zero-order chi connectivity index (χ0) is 16.5. The molecule has 0 N–H and O–H groups in total. The predicted octanol–water partition coefficient (Wildman–Crippen LogP) is 3.05. The van der Waals surface area contributed by atoms with Crippen molar-refractivity contribution < 1.29 is 9.59 Å². The van der Waals surface area contributed by atoms with Crippen LogP contribution in [-0.2, 0) is 4.79 Å². The van der Waals surface area contributed by atoms with Gasteiger partial charge in [-0.1, -0.05) is 26.0 Å². The molecule has 2 amide bonds. The second-order valence-electron chi connectivity index (χ2n) is 5.48. The predicted molar refractivity (Wildman–Crippen MR) is 90.7 cm³/mol. The Morgan fingerprint density at radius 2 is 1.55 bits per heavy atom. The number of hydrogen-bond donors (Lipinski definition) is 0. The van der Waals surface area contributed by atoms with Crippen molar-refractivity contribution in [2.45, 2.75) is 26.7 Å². The third-order valence-corrected chi connectivity index (χ3v) is 3.28. The summed E-state index contributed by atoms with van der Waals surface area (Å²) < 4.78 is 0. The van der Waals surface area contributed by atoms with Gasteiger partial charge in [-0.2, -0.15) is 0 Å². The Kier molecular flexibility index (Phi) is 7.37. The molecule has 0 aliphatic heterocycles. The van der Waals surface area contributed by atoms with Gasteiger partial charge in [0, 0.05) is 38.8 Å². The van der Waals surface area contributed by atoms with E-state index in [9.17, 15) is 9.59 Å². The van der Waals surface area contributed by atoms with Crippen molar-refractivity contribution in [2.75, 3.05) is 27.2 Å². The highest BCUT2D eigenvalue weighted by Crippen LogP contribution is 2.08. The van der Waals surface area contributed by atoms with Gasteiger partial charge in [0.1, 0.15) is 0 Å². The van der Waals surface area contributed by atoms with E-state index >= 15 is 0 Å². The second-order valence-corrected chi connectivity index (χ2v) is 5.48. The molecule has 0 saturated carbocycles. The van der Waals surface area contributed by atoms with Crippen molar-refractivity contribution in [3.63, 3.8) is 0 Å². The summed E-state index contributed by atoms with van der Waals surface area (Å²) in [5.41, 5.74) is 1.56. The Labute approximate surface area is 133 Å². The van der Waals surface area contributed by atoms with Gasteiger partial charge in [-0.3, -0.25) is 9.59 Å². The van der Waals surface area contributed by atoms with Crippen LogP contribution in [0.25, 0.3) is 6.08 Å². The number of benzene rings is 1. The van der Waals surface area contributed by atoms with Crippen LogP contribution >= 0.6 is 0 Å². The summed E-state index contributed by atoms with van der Waals surface area (Å²) in [7, 11) is 3.45. The van der Waals surface area contributed by atoms with Crippen molar-refractivity contribution in [3.8, 4) is 0 Å². The minimum absolute atomic E-state index is 0.0244. The topological polar surface area (TPSA) is 40.6 Å². The van der Waals surface area contributed by atoms with Crippen LogP contribution in [0, 0.1) is 0 Å². The zero-order valence-electron chi connectivity index (χ0n) is 14.0. The lowest BCUT2D eigenvalue weighted by atomic mass is 10.1. The zero-order valence-corrected chi connectivity index (χ0v) is 14.0. The van der Waals surface area contributed by atoms with Crippen LogP contribution in [-0.4, -0.2) is 48.8 Å². The average Bonchev–Trinajstić information content (AvgIpc) is 2.52. The van der Waals surface area contributed by atoms with Crippen LogP contribution in [0.5, 0.6) is 0 Å². The number of rotatable bonds is 7. The minimum atomic E-state index is -0.0244. The first-order chi connectivity index (χ1) is 10.5. The molecule has 1 rings (SSSR count). The number of nitrogens with zero attached hydrogens (tertiary/aromatic N) is 2. The van der Waals surface area contributed by atoms with Gasteiger partial charge >= 0.3 is 0 Å². The molecular weight excluding hydrogens is 276 g/mol. The summed E-state index contributed by atoms with van der Waals surface area (Å²) >= 11 is 0. The maximum absolute atomic E-state index is 12.1. The van der Waals surface area contributed by atoms with Gasteiger partial charge in [-0.05, 0) is 36.6 Å². The van der Waals surface area contributed by atoms with Crippen molar-refractivity contribution in [3.05, 3.63) is 41.5 Å². The van der Waals surface area contributed by atoms with Gasteiger partial charge in [-0.25, -0.2) is 0 Å². The summed E-state index contributed by atoms with van der Waals surface area (Å²) in [5, 5.41) is 0. The Bertz CT molecular complexity index is 512. The first-order valence-electron chi connectivity index (χ1n) is 7.78. The van der Waals surface area contributed by atoms with Gasteiger partial charge in [0.15, 0.2) is 0 Å². The van der Waals surface area contributed by atoms with Crippen LogP contribution in [0.15, 0.2) is 30.3 Å². The molecule has 0 aromatic heterocycles. The summed E-state index contributed by atoms with van der Waals surface area (Å²) in [6.07, 6.45) is 5.32. The standard InChI is InChI=1S/C18H26N2O2/c1-5-13-20(14-6-2)17(21)12-9-15-7-10-16(11-8-15)18(22)19(3)4/h7-12H,5-6,13-14H2,1-4H3/b12-9+. The molecule has 4 nitrogen and oxygen atoms in total. The van der Waals surface area contributed by atoms with Gasteiger partial charge in [0.25, 0.3) is 5.91 Å². The van der Waals surface area contributed by atoms with E-state index in [0.717, 1.165) is 31.5 Å². The van der Waals surface area contributed by atoms with Crippen LogP contribution < -0.4 is 0 Å². The number of amides is 2. The molecular formula is C18H26N2O2. The number of hydrogen-bond acceptors (Lipinski definition) is 2. The van der Waals surface area contributed by atoms with E-state index in [-0.39, 0.29) is 11.8 Å². The second kappa shape index (κ2) is 9.03. The summed E-state index contributed by atoms with van der Waals surface area (Å²) in [4.78, 5) is 27.3. The smallest absolute Gasteiger partial charge is 0.253 e. The maximum Gasteiger partial charge on any atom is 0.253 e. The third kappa shape index (κ3) is 5.35. The molecule has 0 saturated heterocycles. The molecule has 0 fully saturated rings. The largest absolute Gasteiger partial charge is 0.345 e. The summed E-state index contributed by atoms with van der Waals surface area (Å²) in [6, 6.07) is 7.26. The van der Waals surface area contributed by atoms with E-state index in [1.807, 2.05) is 17.0 Å². The molecule has 0 radical (unpaired) electrons. The average molecular weight is 302 g/mol. The lowest BCUT2D eigenvalue weighted by molar-refractivity contribution is -0.126. The van der Waals surface area contributed by atoms with E-state index in [1.165, 1.54) is 0 Å². The van der Waals surface area contributed by atoms with Crippen molar-refractivity contribution in [1.29, 1.82) is 0 Å². The Hall–Kier alpha value is -2.10. The quantitative estimate of drug-likeness (QED) is 0.726. The molecule has 0 aliphatic carbocycles. The molecule has 0 atom stereocenters. The first-order valence-corrected chi connectivity index (χ1v) is 7.78. The van der Waals surface area contributed by atoms with Gasteiger partial charge in [0.05, 0.1) is 0 Å². The van der Waals surface area contributed by atoms with E-state index < -0.39 is 0 Å². The van der Waals surface area contributed by atoms with E-state index in [1.54, 1.807) is 43.3 Å². The van der Waals surface area contributed by atoms with Crippen LogP contribution in [0.3, 0.4) is 0 Å². The Morgan fingerprint density at radius 3 is 2.00 bits per heavy atom. The third-order valence-electron chi connectivity index (χ3n) is 3.28. The fourth-order valence-electron chi connectivity index (χ4n) is 2.14. The monoisotopic (exact) mass is 302 g/mol. The first kappa shape index (κ1) is 18.0. The van der Waals surface area contributed by atoms with Gasteiger partial charge < -0.3 is 9.80 Å². The number of carbonyl (C=O) groups is 2. The molecule has 0 bridgehead atoms. The molecule has 0 aliphatic rings. The summed E-state index contributed by atoms with van der Waals surface area (Å²) in [5.74, 6) is 0.0146. The normalized spacial score (nSPS) is 10.7. The molecule has 4 heteroatoms. The maximum atomic E-state index is 12.1. The van der Waals surface area contributed by atoms with Gasteiger partial charge in [0.2, 0.25) is 5.91 Å². The van der Waals surface area contributed by atoms with Crippen molar-refractivity contribution >= 4 is 17.9 Å². The minimum Gasteiger partial charge on any atom is -0.345 e. The molecule has 0 unspecified atom stereocenters. The lowest BCUT2D eigenvalue weighted by Crippen LogP contribution is -2.30. The highest BCUT2D eigenvalue weighted by Gasteiger charge is 2.08. The van der Waals surface area contributed by atoms with Crippen LogP contribution in [0.2, 0.25) is 0 Å².